The molecule has 0 rings (SSSR count). The molecule has 0 radical (unpaired) electrons. The first kappa shape index (κ1) is 13.5. The van der Waals surface area contributed by atoms with Crippen molar-refractivity contribution in [3.63, 3.8) is 0 Å². The average Bonchev–Trinajstić information content (AvgIpc) is 1.99. The highest BCUT2D eigenvalue weighted by Gasteiger charge is 2.10. The van der Waals surface area contributed by atoms with Crippen LogP contribution in [0.15, 0.2) is 12.2 Å². The second-order valence-corrected chi connectivity index (χ2v) is 9.80. The Morgan fingerprint density at radius 3 is 2.21 bits per heavy atom. The Morgan fingerprint density at radius 2 is 1.86 bits per heavy atom. The molecule has 14 heavy (non-hydrogen) atoms. The van der Waals surface area contributed by atoms with E-state index in [0.29, 0.717) is 12.3 Å². The van der Waals surface area contributed by atoms with Gasteiger partial charge in [0.05, 0.1) is 0 Å². The van der Waals surface area contributed by atoms with Gasteiger partial charge in [-0.1, -0.05) is 51.6 Å². The lowest BCUT2D eigenvalue weighted by molar-refractivity contribution is 0.230. The van der Waals surface area contributed by atoms with Gasteiger partial charge in [0.1, 0.15) is 14.2 Å². The van der Waals surface area contributed by atoms with Crippen LogP contribution in [0.1, 0.15) is 20.3 Å². The zero-order valence-corrected chi connectivity index (χ0v) is 11.0. The molecule has 0 spiro atoms. The van der Waals surface area contributed by atoms with Crippen molar-refractivity contribution in [1.82, 2.24) is 0 Å². The van der Waals surface area contributed by atoms with E-state index in [-0.39, 0.29) is 0 Å². The van der Waals surface area contributed by atoms with Gasteiger partial charge in [0.15, 0.2) is 0 Å². The first-order chi connectivity index (χ1) is 6.22. The molecule has 80 valence electrons. The van der Waals surface area contributed by atoms with Crippen LogP contribution in [-0.2, 0) is 0 Å². The summed E-state index contributed by atoms with van der Waals surface area (Å²) in [6.45, 7) is 14.6. The second-order valence-electron chi connectivity index (χ2n) is 5.05. The molecule has 0 aromatic heterocycles. The fraction of sp³-hybridized carbons (Fsp3) is 0.667. The van der Waals surface area contributed by atoms with Gasteiger partial charge >= 0.3 is 0 Å². The van der Waals surface area contributed by atoms with Crippen LogP contribution >= 0.6 is 0 Å². The number of aliphatic hydroxyl groups excluding tert-OH is 1. The zero-order chi connectivity index (χ0) is 11.4. The Balaban J connectivity index is 4.16. The lowest BCUT2D eigenvalue weighted by Gasteiger charge is -2.11. The van der Waals surface area contributed by atoms with Gasteiger partial charge in [-0.15, -0.1) is 5.54 Å². The Bertz CT molecular complexity index is 250. The van der Waals surface area contributed by atoms with Crippen molar-refractivity contribution >= 4 is 8.07 Å². The largest absolute Gasteiger partial charge is 0.380 e. The molecule has 1 N–H and O–H groups in total. The summed E-state index contributed by atoms with van der Waals surface area (Å²) >= 11 is 0. The van der Waals surface area contributed by atoms with Crippen molar-refractivity contribution in [2.45, 2.75) is 46.0 Å². The van der Waals surface area contributed by atoms with Gasteiger partial charge < -0.3 is 5.11 Å². The molecule has 0 bridgehead atoms. The number of aliphatic hydroxyl groups is 1. The van der Waals surface area contributed by atoms with Crippen LogP contribution in [0.4, 0.5) is 0 Å². The van der Waals surface area contributed by atoms with Crippen LogP contribution in [0, 0.1) is 17.4 Å². The summed E-state index contributed by atoms with van der Waals surface area (Å²) in [7, 11) is -1.35. The van der Waals surface area contributed by atoms with Crippen molar-refractivity contribution < 1.29 is 5.11 Å². The normalized spacial score (nSPS) is 13.4. The molecule has 0 fully saturated rings. The Hall–Kier alpha value is -0.523. The first-order valence-corrected chi connectivity index (χ1v) is 8.61. The van der Waals surface area contributed by atoms with Crippen molar-refractivity contribution in [3.8, 4) is 11.5 Å². The summed E-state index contributed by atoms with van der Waals surface area (Å²) < 4.78 is 0. The molecule has 0 saturated carbocycles. The molecule has 0 aromatic carbocycles. The summed E-state index contributed by atoms with van der Waals surface area (Å²) in [6.07, 6.45) is 0.0754. The topological polar surface area (TPSA) is 20.2 Å². The van der Waals surface area contributed by atoms with E-state index in [9.17, 15) is 5.11 Å². The monoisotopic (exact) mass is 210 g/mol. The molecule has 0 amide bonds. The van der Waals surface area contributed by atoms with Crippen molar-refractivity contribution in [3.05, 3.63) is 12.2 Å². The van der Waals surface area contributed by atoms with Crippen molar-refractivity contribution in [2.24, 2.45) is 5.92 Å². The minimum atomic E-state index is -1.35. The predicted molar refractivity (Wildman–Crippen MR) is 65.7 cm³/mol. The fourth-order valence-electron chi connectivity index (χ4n) is 0.835. The standard InChI is InChI=1S/C12H22OSi/c1-10(2)11(3)9-12(13)7-8-14(4,5)6/h10,12-13H,3,9H2,1-2,4-6H3. The highest BCUT2D eigenvalue weighted by molar-refractivity contribution is 6.83. The van der Waals surface area contributed by atoms with E-state index in [1.165, 1.54) is 0 Å². The van der Waals surface area contributed by atoms with Gasteiger partial charge in [0.25, 0.3) is 0 Å². The Kier molecular flexibility index (Phi) is 5.18. The van der Waals surface area contributed by atoms with E-state index in [1.54, 1.807) is 0 Å². The summed E-state index contributed by atoms with van der Waals surface area (Å²) in [5, 5.41) is 9.62. The van der Waals surface area contributed by atoms with Crippen molar-refractivity contribution in [2.75, 3.05) is 0 Å². The highest BCUT2D eigenvalue weighted by Crippen LogP contribution is 2.13. The molecule has 0 aliphatic carbocycles. The van der Waals surface area contributed by atoms with E-state index in [2.05, 4.69) is 51.5 Å². The van der Waals surface area contributed by atoms with E-state index in [0.717, 1.165) is 5.57 Å². The molecule has 2 heteroatoms. The lowest BCUT2D eigenvalue weighted by atomic mass is 9.99. The summed E-state index contributed by atoms with van der Waals surface area (Å²) in [5.41, 5.74) is 4.24. The fourth-order valence-corrected chi connectivity index (χ4v) is 1.43. The SMILES string of the molecule is C=C(CC(O)C#C[Si](C)(C)C)C(C)C. The Morgan fingerprint density at radius 1 is 1.36 bits per heavy atom. The van der Waals surface area contributed by atoms with Gasteiger partial charge in [-0.3, -0.25) is 0 Å². The van der Waals surface area contributed by atoms with Gasteiger partial charge in [-0.25, -0.2) is 0 Å². The maximum Gasteiger partial charge on any atom is 0.129 e. The van der Waals surface area contributed by atoms with E-state index >= 15 is 0 Å². The lowest BCUT2D eigenvalue weighted by Crippen LogP contribution is -2.18. The quantitative estimate of drug-likeness (QED) is 0.431. The molecule has 0 aliphatic rings. The van der Waals surface area contributed by atoms with Crippen LogP contribution in [-0.4, -0.2) is 19.3 Å². The third kappa shape index (κ3) is 6.94. The molecule has 1 unspecified atom stereocenters. The van der Waals surface area contributed by atoms with Crippen LogP contribution in [0.2, 0.25) is 19.6 Å². The first-order valence-electron chi connectivity index (χ1n) is 5.11. The third-order valence-electron chi connectivity index (χ3n) is 1.89. The molecule has 0 heterocycles. The van der Waals surface area contributed by atoms with Gasteiger partial charge in [-0.2, -0.15) is 0 Å². The number of hydrogen-bond acceptors (Lipinski definition) is 1. The van der Waals surface area contributed by atoms with Crippen LogP contribution in [0.5, 0.6) is 0 Å². The third-order valence-corrected chi connectivity index (χ3v) is 2.78. The number of rotatable bonds is 3. The molecule has 1 nitrogen and oxygen atoms in total. The summed E-state index contributed by atoms with van der Waals surface area (Å²) in [5.74, 6) is 3.34. The molecular weight excluding hydrogens is 188 g/mol. The van der Waals surface area contributed by atoms with Crippen LogP contribution in [0.25, 0.3) is 0 Å². The molecule has 1 atom stereocenters. The number of hydrogen-bond donors (Lipinski definition) is 1. The van der Waals surface area contributed by atoms with E-state index < -0.39 is 14.2 Å². The molecule has 0 saturated heterocycles. The van der Waals surface area contributed by atoms with Gasteiger partial charge in [0.2, 0.25) is 0 Å². The van der Waals surface area contributed by atoms with Crippen LogP contribution in [0.3, 0.4) is 0 Å². The van der Waals surface area contributed by atoms with Crippen LogP contribution < -0.4 is 0 Å². The minimum absolute atomic E-state index is 0.429. The summed E-state index contributed by atoms with van der Waals surface area (Å²) in [6, 6.07) is 0. The smallest absolute Gasteiger partial charge is 0.129 e. The van der Waals surface area contributed by atoms with E-state index in [1.807, 2.05) is 0 Å². The van der Waals surface area contributed by atoms with Crippen molar-refractivity contribution in [1.29, 1.82) is 0 Å². The Labute approximate surface area is 89.2 Å². The molecular formula is C12H22OSi. The highest BCUT2D eigenvalue weighted by atomic mass is 28.3. The molecule has 0 aliphatic heterocycles. The zero-order valence-electron chi connectivity index (χ0n) is 10.0. The molecule has 0 aromatic rings. The van der Waals surface area contributed by atoms with E-state index in [4.69, 9.17) is 0 Å². The van der Waals surface area contributed by atoms with Gasteiger partial charge in [-0.05, 0) is 5.92 Å². The summed E-state index contributed by atoms with van der Waals surface area (Å²) in [4.78, 5) is 0. The van der Waals surface area contributed by atoms with Gasteiger partial charge in [0, 0.05) is 6.42 Å². The maximum atomic E-state index is 9.62. The average molecular weight is 210 g/mol. The maximum absolute atomic E-state index is 9.62. The second kappa shape index (κ2) is 5.38. The predicted octanol–water partition coefficient (Wildman–Crippen LogP) is 2.83. The minimum Gasteiger partial charge on any atom is -0.380 e.